The third-order valence-electron chi connectivity index (χ3n) is 4.32. The van der Waals surface area contributed by atoms with Gasteiger partial charge < -0.3 is 24.4 Å². The Kier molecular flexibility index (Phi) is 5.70. The molecular formula is C18H19FN2O6. The Balaban J connectivity index is 1.63. The maximum Gasteiger partial charge on any atom is 0.305 e. The van der Waals surface area contributed by atoms with Gasteiger partial charge >= 0.3 is 5.97 Å². The number of benzene rings is 1. The molecule has 2 heterocycles. The van der Waals surface area contributed by atoms with E-state index in [4.69, 9.17) is 19.1 Å². The first-order chi connectivity index (χ1) is 13.0. The number of aromatic nitrogens is 1. The predicted molar refractivity (Wildman–Crippen MR) is 89.7 cm³/mol. The number of carbonyl (C=O) groups is 2. The van der Waals surface area contributed by atoms with Crippen molar-refractivity contribution in [3.8, 4) is 5.75 Å². The number of amides is 1. The van der Waals surface area contributed by atoms with E-state index < -0.39 is 23.2 Å². The fourth-order valence-electron chi connectivity index (χ4n) is 2.90. The molecule has 144 valence electrons. The monoisotopic (exact) mass is 378 g/mol. The van der Waals surface area contributed by atoms with Gasteiger partial charge in [0, 0.05) is 19.3 Å². The number of rotatable bonds is 7. The average molecular weight is 378 g/mol. The molecule has 0 atom stereocenters. The summed E-state index contributed by atoms with van der Waals surface area (Å²) in [6.45, 7) is 0.636. The van der Waals surface area contributed by atoms with Gasteiger partial charge in [0.05, 0.1) is 12.0 Å². The van der Waals surface area contributed by atoms with Gasteiger partial charge in [-0.05, 0) is 25.0 Å². The lowest BCUT2D eigenvalue weighted by Crippen LogP contribution is -2.53. The van der Waals surface area contributed by atoms with Crippen molar-refractivity contribution in [3.63, 3.8) is 0 Å². The van der Waals surface area contributed by atoms with Crippen LogP contribution in [-0.4, -0.2) is 40.9 Å². The van der Waals surface area contributed by atoms with Crippen LogP contribution in [0.4, 0.5) is 4.39 Å². The number of nitrogens with one attached hydrogen (secondary N) is 1. The summed E-state index contributed by atoms with van der Waals surface area (Å²) < 4.78 is 29.2. The summed E-state index contributed by atoms with van der Waals surface area (Å²) in [4.78, 5) is 23.6. The van der Waals surface area contributed by atoms with Crippen molar-refractivity contribution >= 4 is 11.9 Å². The smallest absolute Gasteiger partial charge is 0.305 e. The number of carboxylic acids is 1. The van der Waals surface area contributed by atoms with Crippen LogP contribution >= 0.6 is 0 Å². The van der Waals surface area contributed by atoms with Crippen LogP contribution < -0.4 is 10.1 Å². The fourth-order valence-corrected chi connectivity index (χ4v) is 2.90. The summed E-state index contributed by atoms with van der Waals surface area (Å²) in [5, 5.41) is 15.6. The second kappa shape index (κ2) is 8.17. The highest BCUT2D eigenvalue weighted by molar-refractivity contribution is 5.93. The van der Waals surface area contributed by atoms with Crippen LogP contribution in [0.2, 0.25) is 0 Å². The van der Waals surface area contributed by atoms with Crippen molar-refractivity contribution in [1.82, 2.24) is 10.5 Å². The van der Waals surface area contributed by atoms with E-state index in [1.807, 2.05) is 0 Å². The zero-order valence-electron chi connectivity index (χ0n) is 14.4. The van der Waals surface area contributed by atoms with Gasteiger partial charge in [-0.1, -0.05) is 17.3 Å². The Morgan fingerprint density at radius 3 is 2.74 bits per heavy atom. The zero-order chi connectivity index (χ0) is 19.3. The van der Waals surface area contributed by atoms with Crippen LogP contribution in [0.15, 0.2) is 34.9 Å². The number of ether oxygens (including phenoxy) is 2. The fraction of sp³-hybridized carbons (Fsp3) is 0.389. The molecule has 0 unspecified atom stereocenters. The van der Waals surface area contributed by atoms with E-state index in [1.165, 1.54) is 18.2 Å². The molecule has 2 N–H and O–H groups in total. The minimum absolute atomic E-state index is 0.00149. The Morgan fingerprint density at radius 1 is 1.30 bits per heavy atom. The molecule has 1 aliphatic heterocycles. The third kappa shape index (κ3) is 4.82. The SMILES string of the molecule is O=C(O)CC1(NC(=O)c2cc(COc3ccccc3F)on2)CCOCC1. The Labute approximate surface area is 154 Å². The predicted octanol–water partition coefficient (Wildman–Crippen LogP) is 2.15. The maximum atomic E-state index is 13.5. The van der Waals surface area contributed by atoms with Crippen LogP contribution in [0.5, 0.6) is 5.75 Å². The van der Waals surface area contributed by atoms with E-state index in [-0.39, 0.29) is 30.2 Å². The van der Waals surface area contributed by atoms with E-state index in [2.05, 4.69) is 10.5 Å². The van der Waals surface area contributed by atoms with Gasteiger partial charge in [0.25, 0.3) is 5.91 Å². The van der Waals surface area contributed by atoms with Crippen LogP contribution in [0.3, 0.4) is 0 Å². The number of carboxylic acid groups (broad SMARTS) is 1. The largest absolute Gasteiger partial charge is 0.482 e. The minimum Gasteiger partial charge on any atom is -0.482 e. The maximum absolute atomic E-state index is 13.5. The van der Waals surface area contributed by atoms with Crippen LogP contribution in [0.25, 0.3) is 0 Å². The molecule has 1 aliphatic rings. The molecule has 0 radical (unpaired) electrons. The topological polar surface area (TPSA) is 111 Å². The van der Waals surface area contributed by atoms with E-state index in [1.54, 1.807) is 12.1 Å². The van der Waals surface area contributed by atoms with Crippen molar-refractivity contribution < 1.29 is 33.1 Å². The summed E-state index contributed by atoms with van der Waals surface area (Å²) >= 11 is 0. The van der Waals surface area contributed by atoms with E-state index in [9.17, 15) is 14.0 Å². The normalized spacial score (nSPS) is 15.9. The molecule has 1 aromatic carbocycles. The van der Waals surface area contributed by atoms with Crippen molar-refractivity contribution in [2.24, 2.45) is 0 Å². The lowest BCUT2D eigenvalue weighted by molar-refractivity contribution is -0.139. The molecule has 8 nitrogen and oxygen atoms in total. The number of hydrogen-bond donors (Lipinski definition) is 2. The van der Waals surface area contributed by atoms with Gasteiger partial charge in [-0.3, -0.25) is 9.59 Å². The molecule has 1 amide bonds. The van der Waals surface area contributed by atoms with Crippen LogP contribution in [-0.2, 0) is 16.1 Å². The number of aliphatic carboxylic acids is 1. The van der Waals surface area contributed by atoms with Crippen molar-refractivity contribution in [2.45, 2.75) is 31.4 Å². The molecule has 1 saturated heterocycles. The summed E-state index contributed by atoms with van der Waals surface area (Å²) in [6.07, 6.45) is 0.585. The number of hydrogen-bond acceptors (Lipinski definition) is 6. The molecule has 27 heavy (non-hydrogen) atoms. The van der Waals surface area contributed by atoms with E-state index in [0.29, 0.717) is 26.1 Å². The molecule has 0 bridgehead atoms. The molecule has 9 heteroatoms. The van der Waals surface area contributed by atoms with E-state index >= 15 is 0 Å². The molecule has 0 aliphatic carbocycles. The second-order valence-electron chi connectivity index (χ2n) is 6.31. The molecule has 1 aromatic heterocycles. The molecule has 1 fully saturated rings. The standard InChI is InChI=1S/C18H19FN2O6/c19-13-3-1-2-4-15(13)26-11-12-9-14(21-27-12)17(24)20-18(10-16(22)23)5-7-25-8-6-18/h1-4,9H,5-8,10-11H2,(H,20,24)(H,22,23). The highest BCUT2D eigenvalue weighted by Crippen LogP contribution is 2.25. The number of carbonyl (C=O) groups excluding carboxylic acids is 1. The quantitative estimate of drug-likeness (QED) is 0.759. The lowest BCUT2D eigenvalue weighted by Gasteiger charge is -2.36. The number of nitrogens with zero attached hydrogens (tertiary/aromatic N) is 1. The molecule has 3 rings (SSSR count). The van der Waals surface area contributed by atoms with Crippen LogP contribution in [0, 0.1) is 5.82 Å². The molecule has 2 aromatic rings. The summed E-state index contributed by atoms with van der Waals surface area (Å²) in [5.74, 6) is -1.76. The van der Waals surface area contributed by atoms with Crippen LogP contribution in [0.1, 0.15) is 35.5 Å². The second-order valence-corrected chi connectivity index (χ2v) is 6.31. The van der Waals surface area contributed by atoms with Gasteiger partial charge in [-0.25, -0.2) is 4.39 Å². The van der Waals surface area contributed by atoms with Crippen molar-refractivity contribution in [2.75, 3.05) is 13.2 Å². The minimum atomic E-state index is -1.00. The Morgan fingerprint density at radius 2 is 2.04 bits per heavy atom. The lowest BCUT2D eigenvalue weighted by atomic mass is 9.86. The van der Waals surface area contributed by atoms with Crippen molar-refractivity contribution in [3.05, 3.63) is 47.6 Å². The average Bonchev–Trinajstić information content (AvgIpc) is 3.10. The first kappa shape index (κ1) is 18.8. The molecular weight excluding hydrogens is 359 g/mol. The van der Waals surface area contributed by atoms with Crippen molar-refractivity contribution in [1.29, 1.82) is 0 Å². The number of halogens is 1. The summed E-state index contributed by atoms with van der Waals surface area (Å²) in [7, 11) is 0. The number of para-hydroxylation sites is 1. The summed E-state index contributed by atoms with van der Waals surface area (Å²) in [6, 6.07) is 7.30. The Bertz CT molecular complexity index is 816. The summed E-state index contributed by atoms with van der Waals surface area (Å²) in [5.41, 5.74) is -0.886. The highest BCUT2D eigenvalue weighted by Gasteiger charge is 2.37. The first-order valence-electron chi connectivity index (χ1n) is 8.42. The first-order valence-corrected chi connectivity index (χ1v) is 8.42. The molecule has 0 saturated carbocycles. The third-order valence-corrected chi connectivity index (χ3v) is 4.32. The molecule has 0 spiro atoms. The highest BCUT2D eigenvalue weighted by atomic mass is 19.1. The Hall–Kier alpha value is -2.94. The van der Waals surface area contributed by atoms with Gasteiger partial charge in [0.15, 0.2) is 23.0 Å². The zero-order valence-corrected chi connectivity index (χ0v) is 14.4. The van der Waals surface area contributed by atoms with E-state index in [0.717, 1.165) is 0 Å². The van der Waals surface area contributed by atoms with Gasteiger partial charge in [-0.2, -0.15) is 0 Å². The van der Waals surface area contributed by atoms with Gasteiger partial charge in [0.2, 0.25) is 0 Å². The van der Waals surface area contributed by atoms with Gasteiger partial charge in [0.1, 0.15) is 6.61 Å². The van der Waals surface area contributed by atoms with Gasteiger partial charge in [-0.15, -0.1) is 0 Å².